The molecule has 3 aromatic heterocycles. The molecule has 0 fully saturated rings. The Balaban J connectivity index is 2.04. The minimum atomic E-state index is -3.72. The van der Waals surface area contributed by atoms with Crippen molar-refractivity contribution in [1.29, 1.82) is 0 Å². The van der Waals surface area contributed by atoms with Gasteiger partial charge in [0.15, 0.2) is 21.1 Å². The average Bonchev–Trinajstić information content (AvgIpc) is 3.44. The maximum absolute atomic E-state index is 13.1. The molecule has 0 aromatic carbocycles. The number of thiophene rings is 1. The van der Waals surface area contributed by atoms with Crippen LogP contribution in [0.4, 0.5) is 11.5 Å². The molecule has 3 heterocycles. The molecule has 3 rings (SSSR count). The van der Waals surface area contributed by atoms with E-state index in [1.807, 2.05) is 33.8 Å². The summed E-state index contributed by atoms with van der Waals surface area (Å²) in [6.07, 6.45) is 0. The van der Waals surface area contributed by atoms with Crippen LogP contribution in [-0.4, -0.2) is 46.2 Å². The number of ether oxygens (including phenoxy) is 1. The van der Waals surface area contributed by atoms with Crippen LogP contribution in [0.25, 0.3) is 0 Å². The number of aromatic nitrogens is 2. The summed E-state index contributed by atoms with van der Waals surface area (Å²) in [7, 11) is -2.31. The zero-order valence-corrected chi connectivity index (χ0v) is 22.8. The molecule has 3 aromatic rings. The Bertz CT molecular complexity index is 1280. The monoisotopic (exact) mass is 529 g/mol. The lowest BCUT2D eigenvalue weighted by Gasteiger charge is -2.18. The van der Waals surface area contributed by atoms with Crippen molar-refractivity contribution in [2.24, 2.45) is 10.9 Å². The minimum absolute atomic E-state index is 0.0916. The van der Waals surface area contributed by atoms with Crippen molar-refractivity contribution in [3.05, 3.63) is 34.0 Å². The molecule has 0 saturated heterocycles. The molecule has 13 heteroatoms. The Kier molecular flexibility index (Phi) is 8.24. The first-order chi connectivity index (χ1) is 16.0. The van der Waals surface area contributed by atoms with E-state index in [4.69, 9.17) is 14.1 Å². The van der Waals surface area contributed by atoms with Gasteiger partial charge in [-0.05, 0) is 31.4 Å². The van der Waals surface area contributed by atoms with E-state index in [1.165, 1.54) is 11.4 Å². The first kappa shape index (κ1) is 26.4. The lowest BCUT2D eigenvalue weighted by atomic mass is 10.0. The van der Waals surface area contributed by atoms with E-state index in [0.717, 1.165) is 22.7 Å². The van der Waals surface area contributed by atoms with Crippen molar-refractivity contribution in [3.8, 4) is 5.75 Å². The molecule has 2 atom stereocenters. The third kappa shape index (κ3) is 5.23. The van der Waals surface area contributed by atoms with Crippen LogP contribution in [0.2, 0.25) is 0 Å². The predicted octanol–water partition coefficient (Wildman–Crippen LogP) is 4.49. The third-order valence-electron chi connectivity index (χ3n) is 5.41. The Morgan fingerprint density at radius 3 is 2.56 bits per heavy atom. The molecular weight excluding hydrogens is 498 g/mol. The summed E-state index contributed by atoms with van der Waals surface area (Å²) in [4.78, 5) is 4.76. The zero-order valence-electron chi connectivity index (χ0n) is 20.3. The smallest absolute Gasteiger partial charge is 0.256 e. The SMILES string of the molecule is CCN(CC)S(=O)(=O)c1scc(Nc2n[s+]([O-])[nH]c2=N[C@@H](c2cc(C)c(C)o2)C(C)C)c1OC. The van der Waals surface area contributed by atoms with Gasteiger partial charge in [0, 0.05) is 22.8 Å². The number of anilines is 2. The molecule has 0 spiro atoms. The molecule has 188 valence electrons. The minimum Gasteiger partial charge on any atom is -0.548 e. The molecule has 0 aliphatic carbocycles. The van der Waals surface area contributed by atoms with E-state index in [0.29, 0.717) is 30.0 Å². The number of furan rings is 1. The van der Waals surface area contributed by atoms with Gasteiger partial charge in [-0.15, -0.1) is 15.7 Å². The molecule has 0 saturated carbocycles. The van der Waals surface area contributed by atoms with Crippen LogP contribution in [0.15, 0.2) is 25.1 Å². The maximum Gasteiger partial charge on any atom is 0.256 e. The highest BCUT2D eigenvalue weighted by atomic mass is 32.2. The summed E-state index contributed by atoms with van der Waals surface area (Å²) in [6.45, 7) is 12.2. The highest BCUT2D eigenvalue weighted by molar-refractivity contribution is 7.91. The molecule has 0 radical (unpaired) electrons. The summed E-state index contributed by atoms with van der Waals surface area (Å²) in [6, 6.07) is 1.62. The van der Waals surface area contributed by atoms with Crippen LogP contribution >= 0.6 is 22.5 Å². The molecule has 0 aliphatic rings. The van der Waals surface area contributed by atoms with Gasteiger partial charge in [0.25, 0.3) is 10.0 Å². The zero-order chi connectivity index (χ0) is 25.2. The molecule has 2 N–H and O–H groups in total. The molecule has 0 amide bonds. The highest BCUT2D eigenvalue weighted by Crippen LogP contribution is 2.41. The van der Waals surface area contributed by atoms with Gasteiger partial charge in [0.05, 0.1) is 12.8 Å². The number of rotatable bonds is 10. The number of methoxy groups -OCH3 is 1. The van der Waals surface area contributed by atoms with E-state index in [1.54, 1.807) is 19.2 Å². The van der Waals surface area contributed by atoms with E-state index in [2.05, 4.69) is 14.1 Å². The first-order valence-corrected chi connectivity index (χ1v) is 14.3. The number of sulfonamides is 1. The quantitative estimate of drug-likeness (QED) is 0.369. The number of nitrogens with one attached hydrogen (secondary N) is 2. The molecule has 0 aliphatic heterocycles. The number of nitrogens with zero attached hydrogens (tertiary/aromatic N) is 3. The fraction of sp³-hybridized carbons (Fsp3) is 0.524. The average molecular weight is 530 g/mol. The Labute approximate surface area is 206 Å². The second-order valence-corrected chi connectivity index (χ2v) is 11.9. The summed E-state index contributed by atoms with van der Waals surface area (Å²) in [5.41, 5.74) is 1.72. The lowest BCUT2D eigenvalue weighted by molar-refractivity contribution is 0.387. The molecule has 1 unspecified atom stereocenters. The highest BCUT2D eigenvalue weighted by Gasteiger charge is 2.30. The predicted molar refractivity (Wildman–Crippen MR) is 133 cm³/mol. The van der Waals surface area contributed by atoms with Gasteiger partial charge in [-0.3, -0.25) is 0 Å². The van der Waals surface area contributed by atoms with Gasteiger partial charge in [-0.1, -0.05) is 27.7 Å². The third-order valence-corrected chi connectivity index (χ3v) is 9.65. The van der Waals surface area contributed by atoms with Gasteiger partial charge in [-0.2, -0.15) is 4.31 Å². The number of aromatic amines is 1. The fourth-order valence-electron chi connectivity index (χ4n) is 3.47. The molecule has 10 nitrogen and oxygen atoms in total. The van der Waals surface area contributed by atoms with Crippen LogP contribution < -0.4 is 15.5 Å². The van der Waals surface area contributed by atoms with Gasteiger partial charge in [-0.25, -0.2) is 13.4 Å². The van der Waals surface area contributed by atoms with Crippen LogP contribution in [0.1, 0.15) is 50.8 Å². The van der Waals surface area contributed by atoms with E-state index < -0.39 is 21.2 Å². The van der Waals surface area contributed by atoms with Crippen molar-refractivity contribution >= 4 is 44.0 Å². The summed E-state index contributed by atoms with van der Waals surface area (Å²) >= 11 is -0.672. The van der Waals surface area contributed by atoms with Crippen molar-refractivity contribution < 1.29 is 22.1 Å². The maximum atomic E-state index is 13.1. The van der Waals surface area contributed by atoms with Crippen LogP contribution in [-0.2, 0) is 10.0 Å². The first-order valence-electron chi connectivity index (χ1n) is 10.9. The van der Waals surface area contributed by atoms with Crippen molar-refractivity contribution in [2.75, 3.05) is 25.5 Å². The molecule has 34 heavy (non-hydrogen) atoms. The van der Waals surface area contributed by atoms with E-state index >= 15 is 0 Å². The second kappa shape index (κ2) is 10.6. The topological polar surface area (TPSA) is 136 Å². The van der Waals surface area contributed by atoms with Gasteiger partial charge < -0.3 is 19.0 Å². The Hall–Kier alpha value is -2.19. The molecular formula is C21H31N5O5S3. The number of hydrogen-bond donors (Lipinski definition) is 2. The second-order valence-electron chi connectivity index (χ2n) is 8.03. The normalized spacial score (nSPS) is 14.3. The number of H-pyrrole nitrogens is 1. The van der Waals surface area contributed by atoms with Crippen molar-refractivity contribution in [3.63, 3.8) is 0 Å². The van der Waals surface area contributed by atoms with E-state index in [9.17, 15) is 13.0 Å². The van der Waals surface area contributed by atoms with Gasteiger partial charge in [0.2, 0.25) is 11.3 Å². The fourth-order valence-corrected chi connectivity index (χ4v) is 7.11. The van der Waals surface area contributed by atoms with Crippen molar-refractivity contribution in [1.82, 2.24) is 13.1 Å². The van der Waals surface area contributed by atoms with Gasteiger partial charge >= 0.3 is 0 Å². The largest absolute Gasteiger partial charge is 0.548 e. The molecule has 0 bridgehead atoms. The van der Waals surface area contributed by atoms with Gasteiger partial charge in [0.1, 0.15) is 17.6 Å². The van der Waals surface area contributed by atoms with Crippen LogP contribution in [0, 0.1) is 19.8 Å². The Morgan fingerprint density at radius 2 is 2.03 bits per heavy atom. The summed E-state index contributed by atoms with van der Waals surface area (Å²) in [5, 5.41) is 4.69. The Morgan fingerprint density at radius 1 is 1.35 bits per heavy atom. The van der Waals surface area contributed by atoms with Crippen molar-refractivity contribution in [2.45, 2.75) is 51.8 Å². The summed E-state index contributed by atoms with van der Waals surface area (Å²) in [5.74, 6) is 2.02. The number of aryl methyl sites for hydroxylation is 2. The lowest BCUT2D eigenvalue weighted by Crippen LogP contribution is -2.30. The summed E-state index contributed by atoms with van der Waals surface area (Å²) < 4.78 is 58.0. The van der Waals surface area contributed by atoms with Crippen LogP contribution in [0.5, 0.6) is 5.75 Å². The van der Waals surface area contributed by atoms with E-state index in [-0.39, 0.29) is 27.7 Å². The number of hydrogen-bond acceptors (Lipinski definition) is 9. The van der Waals surface area contributed by atoms with Crippen LogP contribution in [0.3, 0.4) is 0 Å². The standard InChI is InChI=1S/C21H31N5O5S3/c1-8-26(9-2)34(28,29)21-18(30-7)15(11-32-21)22-19-20(25-33(27)24-19)23-17(12(3)4)16-10-13(5)14(6)31-16/h10-12,17H,8-9H2,1-7H3,(H,22,24)(H,23,25)/t17-,33?/m1/s1.